The van der Waals surface area contributed by atoms with E-state index in [0.29, 0.717) is 37.6 Å². The summed E-state index contributed by atoms with van der Waals surface area (Å²) in [5, 5.41) is 14.5. The average Bonchev–Trinajstić information content (AvgIpc) is 3.14. The first-order chi connectivity index (χ1) is 14.0. The number of aryl methyl sites for hydroxylation is 3. The molecule has 2 amide bonds. The maximum absolute atomic E-state index is 12.1. The van der Waals surface area contributed by atoms with Crippen molar-refractivity contribution in [3.05, 3.63) is 42.0 Å². The zero-order valence-electron chi connectivity index (χ0n) is 17.1. The SMILES string of the molecule is CCCCNC(=O)Nc1c(C)cccc1OCCCn1cnc(CCC(=O)O)c1. The number of nitrogens with one attached hydrogen (secondary N) is 2. The van der Waals surface area contributed by atoms with Crippen molar-refractivity contribution in [2.75, 3.05) is 18.5 Å². The molecule has 0 saturated carbocycles. The molecular weight excluding hydrogens is 372 g/mol. The third-order valence-electron chi connectivity index (χ3n) is 4.39. The number of rotatable bonds is 12. The zero-order chi connectivity index (χ0) is 21.1. The number of carboxylic acids is 1. The molecule has 0 spiro atoms. The maximum Gasteiger partial charge on any atom is 0.319 e. The molecule has 0 atom stereocenters. The molecule has 0 bridgehead atoms. The van der Waals surface area contributed by atoms with Crippen molar-refractivity contribution in [1.82, 2.24) is 14.9 Å². The smallest absolute Gasteiger partial charge is 0.319 e. The second-order valence-corrected chi connectivity index (χ2v) is 6.88. The van der Waals surface area contributed by atoms with Gasteiger partial charge in [0.05, 0.1) is 30.7 Å². The molecule has 158 valence electrons. The number of benzene rings is 1. The second kappa shape index (κ2) is 11.7. The summed E-state index contributed by atoms with van der Waals surface area (Å²) in [7, 11) is 0. The number of carbonyl (C=O) groups excluding carboxylic acids is 1. The molecule has 1 aromatic carbocycles. The minimum atomic E-state index is -0.824. The molecule has 0 saturated heterocycles. The molecule has 2 rings (SSSR count). The van der Waals surface area contributed by atoms with Crippen LogP contribution in [0.4, 0.5) is 10.5 Å². The van der Waals surface area contributed by atoms with Crippen LogP contribution >= 0.6 is 0 Å². The Morgan fingerprint density at radius 3 is 2.86 bits per heavy atom. The van der Waals surface area contributed by atoms with Crippen LogP contribution in [0.2, 0.25) is 0 Å². The number of urea groups is 1. The van der Waals surface area contributed by atoms with E-state index in [2.05, 4.69) is 22.5 Å². The van der Waals surface area contributed by atoms with Gasteiger partial charge in [-0.15, -0.1) is 0 Å². The highest BCUT2D eigenvalue weighted by Crippen LogP contribution is 2.28. The molecule has 1 aromatic heterocycles. The molecule has 0 aliphatic rings. The van der Waals surface area contributed by atoms with Gasteiger partial charge in [-0.3, -0.25) is 4.79 Å². The molecule has 8 nitrogen and oxygen atoms in total. The summed E-state index contributed by atoms with van der Waals surface area (Å²) in [5.74, 6) is -0.182. The van der Waals surface area contributed by atoms with E-state index >= 15 is 0 Å². The lowest BCUT2D eigenvalue weighted by Gasteiger charge is -2.15. The van der Waals surface area contributed by atoms with Crippen LogP contribution in [-0.4, -0.2) is 39.8 Å². The maximum atomic E-state index is 12.1. The molecule has 8 heteroatoms. The molecule has 2 aromatic rings. The fourth-order valence-electron chi connectivity index (χ4n) is 2.78. The van der Waals surface area contributed by atoms with E-state index in [0.717, 1.165) is 30.5 Å². The third-order valence-corrected chi connectivity index (χ3v) is 4.39. The van der Waals surface area contributed by atoms with Gasteiger partial charge in [-0.1, -0.05) is 25.5 Å². The minimum absolute atomic E-state index is 0.0787. The number of aliphatic carboxylic acids is 1. The van der Waals surface area contributed by atoms with Crippen LogP contribution in [0.5, 0.6) is 5.75 Å². The first-order valence-corrected chi connectivity index (χ1v) is 9.99. The Kier molecular flexibility index (Phi) is 9.01. The van der Waals surface area contributed by atoms with E-state index < -0.39 is 5.97 Å². The number of anilines is 1. The van der Waals surface area contributed by atoms with Crippen molar-refractivity contribution in [3.63, 3.8) is 0 Å². The first kappa shape index (κ1) is 22.3. The Morgan fingerprint density at radius 1 is 1.28 bits per heavy atom. The number of ether oxygens (including phenoxy) is 1. The molecule has 0 radical (unpaired) electrons. The highest BCUT2D eigenvalue weighted by Gasteiger charge is 2.10. The van der Waals surface area contributed by atoms with E-state index in [1.165, 1.54) is 0 Å². The van der Waals surface area contributed by atoms with E-state index in [9.17, 15) is 9.59 Å². The van der Waals surface area contributed by atoms with E-state index in [-0.39, 0.29) is 12.5 Å². The van der Waals surface area contributed by atoms with Gasteiger partial charge in [-0.25, -0.2) is 9.78 Å². The summed E-state index contributed by atoms with van der Waals surface area (Å²) >= 11 is 0. The summed E-state index contributed by atoms with van der Waals surface area (Å²) in [6.45, 7) is 5.85. The van der Waals surface area contributed by atoms with Gasteiger partial charge in [0.2, 0.25) is 0 Å². The van der Waals surface area contributed by atoms with Crippen molar-refractivity contribution < 1.29 is 19.4 Å². The van der Waals surface area contributed by atoms with Gasteiger partial charge >= 0.3 is 12.0 Å². The van der Waals surface area contributed by atoms with Crippen LogP contribution in [0, 0.1) is 6.92 Å². The van der Waals surface area contributed by atoms with Crippen LogP contribution in [0.25, 0.3) is 0 Å². The lowest BCUT2D eigenvalue weighted by Crippen LogP contribution is -2.30. The number of amides is 2. The summed E-state index contributed by atoms with van der Waals surface area (Å²) in [6.07, 6.45) is 6.80. The van der Waals surface area contributed by atoms with Crippen LogP contribution in [0.3, 0.4) is 0 Å². The van der Waals surface area contributed by atoms with Crippen LogP contribution in [0.15, 0.2) is 30.7 Å². The minimum Gasteiger partial charge on any atom is -0.491 e. The average molecular weight is 402 g/mol. The summed E-state index contributed by atoms with van der Waals surface area (Å²) in [4.78, 5) is 26.9. The van der Waals surface area contributed by atoms with Crippen molar-refractivity contribution >= 4 is 17.7 Å². The molecule has 0 unspecified atom stereocenters. The molecule has 1 heterocycles. The van der Waals surface area contributed by atoms with Crippen molar-refractivity contribution in [3.8, 4) is 5.75 Å². The molecule has 0 aliphatic heterocycles. The van der Waals surface area contributed by atoms with Gasteiger partial charge < -0.3 is 25.0 Å². The number of para-hydroxylation sites is 1. The van der Waals surface area contributed by atoms with Crippen LogP contribution < -0.4 is 15.4 Å². The molecule has 0 fully saturated rings. The number of hydrogen-bond acceptors (Lipinski definition) is 4. The quantitative estimate of drug-likeness (QED) is 0.471. The number of aromatic nitrogens is 2. The van der Waals surface area contributed by atoms with Gasteiger partial charge in [-0.2, -0.15) is 0 Å². The van der Waals surface area contributed by atoms with Gasteiger partial charge in [0.1, 0.15) is 5.75 Å². The van der Waals surface area contributed by atoms with Crippen molar-refractivity contribution in [1.29, 1.82) is 0 Å². The number of carbonyl (C=O) groups is 2. The van der Waals surface area contributed by atoms with Crippen LogP contribution in [0.1, 0.15) is 43.9 Å². The number of imidazole rings is 1. The Labute approximate surface area is 171 Å². The highest BCUT2D eigenvalue weighted by molar-refractivity contribution is 5.91. The number of nitrogens with zero attached hydrogens (tertiary/aromatic N) is 2. The standard InChI is InChI=1S/C21H30N4O4/c1-3-4-11-22-21(28)24-20-16(2)7-5-8-18(20)29-13-6-12-25-14-17(23-15-25)9-10-19(26)27/h5,7-8,14-15H,3-4,6,9-13H2,1-2H3,(H,26,27)(H2,22,24,28). The third kappa shape index (κ3) is 7.85. The van der Waals surface area contributed by atoms with Crippen LogP contribution in [-0.2, 0) is 17.8 Å². The normalized spacial score (nSPS) is 10.6. The molecule has 0 aliphatic carbocycles. The molecule has 3 N–H and O–H groups in total. The monoisotopic (exact) mass is 402 g/mol. The Morgan fingerprint density at radius 2 is 2.10 bits per heavy atom. The Bertz CT molecular complexity index is 804. The van der Waals surface area contributed by atoms with Gasteiger partial charge in [0.25, 0.3) is 0 Å². The topological polar surface area (TPSA) is 105 Å². The fourth-order valence-corrected chi connectivity index (χ4v) is 2.78. The van der Waals surface area contributed by atoms with Crippen molar-refractivity contribution in [2.45, 2.75) is 52.5 Å². The number of hydrogen-bond donors (Lipinski definition) is 3. The predicted octanol–water partition coefficient (Wildman–Crippen LogP) is 3.60. The molecular formula is C21H30N4O4. The predicted molar refractivity (Wildman–Crippen MR) is 111 cm³/mol. The van der Waals surface area contributed by atoms with Gasteiger partial charge in [0, 0.05) is 25.7 Å². The van der Waals surface area contributed by atoms with E-state index in [1.807, 2.05) is 35.9 Å². The number of carboxylic acid groups (broad SMARTS) is 1. The van der Waals surface area contributed by atoms with Gasteiger partial charge in [0.15, 0.2) is 0 Å². The Balaban J connectivity index is 1.82. The lowest BCUT2D eigenvalue weighted by atomic mass is 10.2. The second-order valence-electron chi connectivity index (χ2n) is 6.88. The van der Waals surface area contributed by atoms with E-state index in [1.54, 1.807) is 6.33 Å². The Hall–Kier alpha value is -3.03. The summed E-state index contributed by atoms with van der Waals surface area (Å²) in [5.41, 5.74) is 2.39. The largest absolute Gasteiger partial charge is 0.491 e. The van der Waals surface area contributed by atoms with E-state index in [4.69, 9.17) is 9.84 Å². The lowest BCUT2D eigenvalue weighted by molar-refractivity contribution is -0.136. The zero-order valence-corrected chi connectivity index (χ0v) is 17.1. The fraction of sp³-hybridized carbons (Fsp3) is 0.476. The molecule has 29 heavy (non-hydrogen) atoms. The summed E-state index contributed by atoms with van der Waals surface area (Å²) < 4.78 is 7.83. The first-order valence-electron chi connectivity index (χ1n) is 9.99. The number of unbranched alkanes of at least 4 members (excludes halogenated alkanes) is 1. The van der Waals surface area contributed by atoms with Crippen molar-refractivity contribution in [2.24, 2.45) is 0 Å². The highest BCUT2D eigenvalue weighted by atomic mass is 16.5. The van der Waals surface area contributed by atoms with Gasteiger partial charge in [-0.05, 0) is 31.4 Å². The summed E-state index contributed by atoms with van der Waals surface area (Å²) in [6, 6.07) is 5.44.